The summed E-state index contributed by atoms with van der Waals surface area (Å²) in [6.07, 6.45) is -0.492. The summed E-state index contributed by atoms with van der Waals surface area (Å²) in [5, 5.41) is 0. The minimum absolute atomic E-state index is 0.291. The molecule has 0 radical (unpaired) electrons. The van der Waals surface area contributed by atoms with Crippen LogP contribution in [0.2, 0.25) is 18.6 Å². The summed E-state index contributed by atoms with van der Waals surface area (Å²) in [6, 6.07) is -0.540. The third-order valence-corrected chi connectivity index (χ3v) is 31.2. The summed E-state index contributed by atoms with van der Waals surface area (Å²) in [6.45, 7) is 44.1. The Hall–Kier alpha value is -0.432. The van der Waals surface area contributed by atoms with Gasteiger partial charge in [0, 0.05) is 194 Å². The van der Waals surface area contributed by atoms with Gasteiger partial charge in [-0.05, 0) is 136 Å². The summed E-state index contributed by atoms with van der Waals surface area (Å²) in [7, 11) is -9.32. The Balaban J connectivity index is -0.000000234. The van der Waals surface area contributed by atoms with Crippen molar-refractivity contribution in [1.82, 2.24) is 0 Å². The molecule has 0 rings (SSSR count). The Morgan fingerprint density at radius 3 is 0.624 bits per heavy atom. The van der Waals surface area contributed by atoms with Crippen molar-refractivity contribution in [3.8, 4) is 0 Å². The van der Waals surface area contributed by atoms with E-state index in [0.717, 1.165) is 63.8 Å². The lowest BCUT2D eigenvalue weighted by Gasteiger charge is -2.40. The molecule has 0 aromatic heterocycles. The zero-order valence-corrected chi connectivity index (χ0v) is 77.1. The van der Waals surface area contributed by atoms with Gasteiger partial charge in [0.15, 0.2) is 0 Å². The largest absolute Gasteiger partial charge is 0.679 e. The molecule has 0 aromatic rings. The van der Waals surface area contributed by atoms with Crippen molar-refractivity contribution in [3.05, 3.63) is 0 Å². The number of unbranched alkanes of at least 4 members (excludes halogenated alkanes) is 4. The zero-order valence-electron chi connectivity index (χ0n) is 70.1. The fraction of sp³-hybridized carbons (Fsp3) is 1.00. The first-order valence-electron chi connectivity index (χ1n) is 37.1. The lowest BCUT2D eigenvalue weighted by atomic mass is 9.93. The Kier molecular flexibility index (Phi) is 76.5. The molecule has 0 bridgehead atoms. The van der Waals surface area contributed by atoms with Gasteiger partial charge in [-0.1, -0.05) is 53.4 Å². The average Bonchev–Trinajstić information content (AvgIpc) is 0.711. The van der Waals surface area contributed by atoms with Crippen molar-refractivity contribution in [1.29, 1.82) is 0 Å². The van der Waals surface area contributed by atoms with Gasteiger partial charge < -0.3 is 116 Å². The van der Waals surface area contributed by atoms with Crippen molar-refractivity contribution in [3.63, 3.8) is 0 Å². The van der Waals surface area contributed by atoms with E-state index in [4.69, 9.17) is 116 Å². The lowest BCUT2D eigenvalue weighted by Crippen LogP contribution is -2.70. The second-order valence-electron chi connectivity index (χ2n) is 21.4. The van der Waals surface area contributed by atoms with Crippen LogP contribution >= 0.6 is 0 Å². The summed E-state index contributed by atoms with van der Waals surface area (Å²) in [5.74, 6) is -37.0. The third-order valence-electron chi connectivity index (χ3n) is 13.4. The van der Waals surface area contributed by atoms with E-state index in [0.29, 0.717) is 106 Å². The highest BCUT2D eigenvalue weighted by atomic mass is 28.4. The van der Waals surface area contributed by atoms with Crippen LogP contribution in [0.25, 0.3) is 0 Å². The van der Waals surface area contributed by atoms with Gasteiger partial charge in [0.25, 0.3) is 0 Å². The first-order valence-corrected chi connectivity index (χ1v) is 49.7. The van der Waals surface area contributed by atoms with Crippen LogP contribution in [0, 0.1) is 0 Å². The molecule has 0 spiro atoms. The number of hydrogen-bond donors (Lipinski definition) is 1. The van der Waals surface area contributed by atoms with Crippen LogP contribution < -0.4 is 5.73 Å². The average molecular weight is 1760 g/mol. The molecule has 0 aromatic carbocycles. The molecular weight excluding hydrogens is 1610 g/mol. The number of nitrogens with two attached hydrogens (primary N) is 1. The molecule has 26 nitrogen and oxygen atoms in total. The van der Waals surface area contributed by atoms with E-state index < -0.39 is 111 Å². The molecule has 2 N–H and O–H groups in total. The molecule has 0 amide bonds. The van der Waals surface area contributed by atoms with Gasteiger partial charge in [-0.15, -0.1) is 0 Å². The standard InChI is InChI=1S/C16H36O4Si.C14H19F13O3Si.C9H23NO3Si.2C8H20O4Si.C4H12O4Si.C4H12O3Si/c1-5-9-13-17-21(18-14-10-6-2,19-15-11-7-3)20-16-12-8-4;1-4-28-31(29-5-2,30-6-3)8-7-9(15,16)10(17,18)11(19,20)12(21,22)13(23,24)14(25,26)27;1-4-11-14(12-5-2,13-6-3)9-7-8-10;2*1-5-9-13(10-6-2,11-7-3)12-8-4;1-5-9(6-2,7-3)8-4;1-5-8(4,6-2)7-3/h5-16H2,1-4H3;4-8H2,1-3H3;4-10H2,1-3H3;2*5-8H2,1-4H3;1-4H3;1-4H3. The maximum atomic E-state index is 13.9. The molecular formula is C63H142F13NO25Si7. The number of hydrogen-bond acceptors (Lipinski definition) is 26. The van der Waals surface area contributed by atoms with Crippen LogP contribution in [-0.4, -0.2) is 274 Å². The minimum Gasteiger partial charge on any atom is -0.377 e. The summed E-state index contributed by atoms with van der Waals surface area (Å²) in [4.78, 5) is 0. The zero-order chi connectivity index (χ0) is 86.1. The first-order chi connectivity index (χ1) is 51.0. The molecule has 0 atom stereocenters. The van der Waals surface area contributed by atoms with Crippen LogP contribution in [0.3, 0.4) is 0 Å². The fourth-order valence-electron chi connectivity index (χ4n) is 7.87. The molecule has 0 aliphatic carbocycles. The fourth-order valence-corrected chi connectivity index (χ4v) is 20.5. The summed E-state index contributed by atoms with van der Waals surface area (Å²) >= 11 is 0. The van der Waals surface area contributed by atoms with Gasteiger partial charge >= 0.3 is 98.4 Å². The van der Waals surface area contributed by atoms with E-state index in [9.17, 15) is 57.1 Å². The molecule has 0 unspecified atom stereocenters. The van der Waals surface area contributed by atoms with Crippen LogP contribution in [0.15, 0.2) is 0 Å². The number of halogens is 13. The highest BCUT2D eigenvalue weighted by Gasteiger charge is 2.90. The molecule has 668 valence electrons. The lowest BCUT2D eigenvalue weighted by molar-refractivity contribution is -0.440. The number of alkyl halides is 13. The predicted molar refractivity (Wildman–Crippen MR) is 400 cm³/mol. The predicted octanol–water partition coefficient (Wildman–Crippen LogP) is 15.9. The second kappa shape index (κ2) is 68.5. The molecule has 0 aliphatic rings. The van der Waals surface area contributed by atoms with Crippen molar-refractivity contribution in [2.45, 2.75) is 243 Å². The normalized spacial score (nSPS) is 13.0. The van der Waals surface area contributed by atoms with Crippen molar-refractivity contribution in [2.75, 3.05) is 175 Å². The van der Waals surface area contributed by atoms with Crippen molar-refractivity contribution >= 4 is 62.6 Å². The third kappa shape index (κ3) is 48.3. The molecule has 46 heteroatoms. The van der Waals surface area contributed by atoms with Crippen LogP contribution in [0.4, 0.5) is 57.1 Å². The molecule has 0 heterocycles. The Labute approximate surface area is 651 Å². The van der Waals surface area contributed by atoms with E-state index >= 15 is 0 Å². The summed E-state index contributed by atoms with van der Waals surface area (Å²) in [5.41, 5.74) is 5.48. The first kappa shape index (κ1) is 122. The quantitative estimate of drug-likeness (QED) is 0.0337. The van der Waals surface area contributed by atoms with E-state index in [2.05, 4.69) is 27.7 Å². The van der Waals surface area contributed by atoms with Gasteiger partial charge in [-0.3, -0.25) is 0 Å². The summed E-state index contributed by atoms with van der Waals surface area (Å²) < 4.78 is 304. The van der Waals surface area contributed by atoms with Gasteiger partial charge in [0.2, 0.25) is 0 Å². The maximum absolute atomic E-state index is 13.9. The van der Waals surface area contributed by atoms with Crippen molar-refractivity contribution < 1.29 is 168 Å². The highest BCUT2D eigenvalue weighted by Crippen LogP contribution is 2.61. The monoisotopic (exact) mass is 1760 g/mol. The van der Waals surface area contributed by atoms with Crippen LogP contribution in [0.5, 0.6) is 0 Å². The topological polar surface area (TPSA) is 257 Å². The molecule has 0 fully saturated rings. The van der Waals surface area contributed by atoms with E-state index in [-0.39, 0.29) is 19.8 Å². The van der Waals surface area contributed by atoms with Crippen LogP contribution in [0.1, 0.15) is 189 Å². The van der Waals surface area contributed by atoms with Gasteiger partial charge in [-0.2, -0.15) is 57.1 Å². The molecule has 0 aliphatic heterocycles. The SMILES string of the molecule is CCCCO[Si](OCCCC)(OCCCC)OCCCC.CCO[Si](CCC(F)(F)C(F)(F)C(F)(F)C(F)(F)C(F)(F)C(F)(F)F)(OCC)OCC.CCO[Si](CCCN)(OCC)OCC.CCO[Si](OCC)(OCC)OCC.CCO[Si](OCC)(OCC)OCC.CO[Si](C)(OC)OC.CO[Si](OC)(OC)OC. The minimum atomic E-state index is -7.92. The van der Waals surface area contributed by atoms with Crippen molar-refractivity contribution in [2.24, 2.45) is 5.73 Å². The Morgan fingerprint density at radius 2 is 0.459 bits per heavy atom. The smallest absolute Gasteiger partial charge is 0.377 e. The van der Waals surface area contributed by atoms with Crippen LogP contribution in [-0.2, 0) is 111 Å². The highest BCUT2D eigenvalue weighted by molar-refractivity contribution is 6.61. The van der Waals surface area contributed by atoms with Gasteiger partial charge in [-0.25, -0.2) is 0 Å². The van der Waals surface area contributed by atoms with E-state index in [1.54, 1.807) is 21.3 Å². The van der Waals surface area contributed by atoms with Gasteiger partial charge in [0.1, 0.15) is 0 Å². The Bertz CT molecular complexity index is 1830. The Morgan fingerprint density at radius 1 is 0.248 bits per heavy atom. The van der Waals surface area contributed by atoms with E-state index in [1.807, 2.05) is 82.7 Å². The van der Waals surface area contributed by atoms with Gasteiger partial charge in [0.05, 0.1) is 0 Å². The molecule has 0 saturated heterocycles. The second-order valence-corrected chi connectivity index (χ2v) is 38.9. The number of rotatable bonds is 61. The molecule has 109 heavy (non-hydrogen) atoms. The molecule has 0 saturated carbocycles. The van der Waals surface area contributed by atoms with E-state index in [1.165, 1.54) is 49.2 Å². The maximum Gasteiger partial charge on any atom is 0.679 e.